The van der Waals surface area contributed by atoms with Crippen LogP contribution in [0.3, 0.4) is 0 Å². The van der Waals surface area contributed by atoms with Gasteiger partial charge in [-0.1, -0.05) is 28.1 Å². The maximum atomic E-state index is 6.13. The van der Waals surface area contributed by atoms with Crippen LogP contribution in [0.1, 0.15) is 18.6 Å². The third kappa shape index (κ3) is 2.48. The second-order valence-corrected chi connectivity index (χ2v) is 5.80. The first-order valence-corrected chi connectivity index (χ1v) is 7.33. The standard InChI is InChI=1S/C16H16BrNO2/c1-10-16(11-3-6-13(19-2)7-4-11)20-15-8-5-12(17)9-14(15)18-10/h3-10,16,18H,1-2H3. The van der Waals surface area contributed by atoms with Crippen LogP contribution in [0.2, 0.25) is 0 Å². The molecule has 0 spiro atoms. The van der Waals surface area contributed by atoms with Crippen LogP contribution in [0.15, 0.2) is 46.9 Å². The third-order valence-corrected chi connectivity index (χ3v) is 3.97. The van der Waals surface area contributed by atoms with Crippen molar-refractivity contribution < 1.29 is 9.47 Å². The van der Waals surface area contributed by atoms with Gasteiger partial charge < -0.3 is 14.8 Å². The predicted octanol–water partition coefficient (Wildman–Crippen LogP) is 4.39. The highest BCUT2D eigenvalue weighted by Gasteiger charge is 2.27. The molecule has 2 unspecified atom stereocenters. The number of fused-ring (bicyclic) bond motifs is 1. The molecule has 0 bridgehead atoms. The van der Waals surface area contributed by atoms with Gasteiger partial charge in [-0.25, -0.2) is 0 Å². The highest BCUT2D eigenvalue weighted by Crippen LogP contribution is 2.38. The lowest BCUT2D eigenvalue weighted by Crippen LogP contribution is -2.32. The van der Waals surface area contributed by atoms with E-state index in [9.17, 15) is 0 Å². The van der Waals surface area contributed by atoms with Crippen molar-refractivity contribution in [2.75, 3.05) is 12.4 Å². The molecule has 3 rings (SSSR count). The van der Waals surface area contributed by atoms with E-state index in [0.29, 0.717) is 0 Å². The molecule has 2 aromatic rings. The topological polar surface area (TPSA) is 30.5 Å². The molecule has 0 saturated heterocycles. The van der Waals surface area contributed by atoms with Gasteiger partial charge in [-0.05, 0) is 42.8 Å². The number of hydrogen-bond donors (Lipinski definition) is 1. The lowest BCUT2D eigenvalue weighted by atomic mass is 10.0. The molecule has 20 heavy (non-hydrogen) atoms. The van der Waals surface area contributed by atoms with Crippen molar-refractivity contribution in [2.45, 2.75) is 19.1 Å². The smallest absolute Gasteiger partial charge is 0.144 e. The van der Waals surface area contributed by atoms with Gasteiger partial charge >= 0.3 is 0 Å². The lowest BCUT2D eigenvalue weighted by molar-refractivity contribution is 0.177. The van der Waals surface area contributed by atoms with Gasteiger partial charge in [0.05, 0.1) is 18.8 Å². The van der Waals surface area contributed by atoms with Crippen LogP contribution in [-0.2, 0) is 0 Å². The Balaban J connectivity index is 1.89. The number of hydrogen-bond acceptors (Lipinski definition) is 3. The van der Waals surface area contributed by atoms with Gasteiger partial charge in [-0.2, -0.15) is 0 Å². The number of benzene rings is 2. The summed E-state index contributed by atoms with van der Waals surface area (Å²) in [7, 11) is 1.67. The molecule has 1 N–H and O–H groups in total. The van der Waals surface area contributed by atoms with Crippen molar-refractivity contribution in [1.29, 1.82) is 0 Å². The normalized spacial score (nSPS) is 20.6. The van der Waals surface area contributed by atoms with Crippen LogP contribution in [0.4, 0.5) is 5.69 Å². The number of halogens is 1. The fraction of sp³-hybridized carbons (Fsp3) is 0.250. The van der Waals surface area contributed by atoms with Crippen molar-refractivity contribution in [3.05, 3.63) is 52.5 Å². The average molecular weight is 334 g/mol. The number of methoxy groups -OCH3 is 1. The molecule has 0 fully saturated rings. The summed E-state index contributed by atoms with van der Waals surface area (Å²) < 4.78 is 12.4. The van der Waals surface area contributed by atoms with Crippen LogP contribution < -0.4 is 14.8 Å². The number of ether oxygens (including phenoxy) is 2. The summed E-state index contributed by atoms with van der Waals surface area (Å²) in [4.78, 5) is 0. The monoisotopic (exact) mass is 333 g/mol. The van der Waals surface area contributed by atoms with Crippen LogP contribution in [-0.4, -0.2) is 13.2 Å². The van der Waals surface area contributed by atoms with E-state index < -0.39 is 0 Å². The molecule has 0 aliphatic carbocycles. The molecule has 2 atom stereocenters. The van der Waals surface area contributed by atoms with E-state index in [1.807, 2.05) is 42.5 Å². The van der Waals surface area contributed by atoms with Crippen LogP contribution in [0.25, 0.3) is 0 Å². The van der Waals surface area contributed by atoms with Gasteiger partial charge in [0.1, 0.15) is 17.6 Å². The average Bonchev–Trinajstić information content (AvgIpc) is 2.46. The SMILES string of the molecule is COc1ccc(C2Oc3ccc(Br)cc3NC2C)cc1. The molecule has 0 aromatic heterocycles. The summed E-state index contributed by atoms with van der Waals surface area (Å²) in [5.74, 6) is 1.74. The van der Waals surface area contributed by atoms with Gasteiger partial charge in [-0.15, -0.1) is 0 Å². The van der Waals surface area contributed by atoms with Crippen molar-refractivity contribution in [3.8, 4) is 11.5 Å². The number of nitrogens with one attached hydrogen (secondary N) is 1. The zero-order chi connectivity index (χ0) is 14.1. The van der Waals surface area contributed by atoms with E-state index in [4.69, 9.17) is 9.47 Å². The summed E-state index contributed by atoms with van der Waals surface area (Å²) in [6.45, 7) is 2.12. The molecular weight excluding hydrogens is 318 g/mol. The predicted molar refractivity (Wildman–Crippen MR) is 83.6 cm³/mol. The Morgan fingerprint density at radius 1 is 1.15 bits per heavy atom. The van der Waals surface area contributed by atoms with Gasteiger partial charge in [0.2, 0.25) is 0 Å². The highest BCUT2D eigenvalue weighted by molar-refractivity contribution is 9.10. The fourth-order valence-corrected chi connectivity index (χ4v) is 2.79. The van der Waals surface area contributed by atoms with E-state index in [1.54, 1.807) is 7.11 Å². The molecule has 1 heterocycles. The van der Waals surface area contributed by atoms with Crippen LogP contribution >= 0.6 is 15.9 Å². The van der Waals surface area contributed by atoms with Gasteiger partial charge in [0, 0.05) is 4.47 Å². The summed E-state index contributed by atoms with van der Waals surface area (Å²) in [5.41, 5.74) is 2.16. The van der Waals surface area contributed by atoms with Crippen LogP contribution in [0.5, 0.6) is 11.5 Å². The van der Waals surface area contributed by atoms with Gasteiger partial charge in [-0.3, -0.25) is 0 Å². The summed E-state index contributed by atoms with van der Waals surface area (Å²) in [5, 5.41) is 3.49. The zero-order valence-corrected chi connectivity index (χ0v) is 13.0. The van der Waals surface area contributed by atoms with Crippen molar-refractivity contribution in [3.63, 3.8) is 0 Å². The summed E-state index contributed by atoms with van der Waals surface area (Å²) in [6.07, 6.45) is -0.00502. The molecule has 0 radical (unpaired) electrons. The molecule has 4 heteroatoms. The van der Waals surface area contributed by atoms with E-state index >= 15 is 0 Å². The molecule has 0 amide bonds. The van der Waals surface area contributed by atoms with E-state index in [0.717, 1.165) is 27.2 Å². The van der Waals surface area contributed by atoms with Crippen molar-refractivity contribution in [2.24, 2.45) is 0 Å². The number of rotatable bonds is 2. The second-order valence-electron chi connectivity index (χ2n) is 4.89. The molecule has 1 aliphatic rings. The van der Waals surface area contributed by atoms with Gasteiger partial charge in [0.15, 0.2) is 0 Å². The first kappa shape index (κ1) is 13.3. The highest BCUT2D eigenvalue weighted by atomic mass is 79.9. The van der Waals surface area contributed by atoms with E-state index in [-0.39, 0.29) is 12.1 Å². The minimum absolute atomic E-state index is 0.00502. The Labute approximate surface area is 127 Å². The Morgan fingerprint density at radius 3 is 2.60 bits per heavy atom. The Hall–Kier alpha value is -1.68. The summed E-state index contributed by atoms with van der Waals surface area (Å²) >= 11 is 3.48. The summed E-state index contributed by atoms with van der Waals surface area (Å²) in [6, 6.07) is 14.2. The Bertz CT molecular complexity index is 612. The zero-order valence-electron chi connectivity index (χ0n) is 11.4. The second kappa shape index (κ2) is 5.37. The minimum Gasteiger partial charge on any atom is -0.497 e. The third-order valence-electron chi connectivity index (χ3n) is 3.48. The molecular formula is C16H16BrNO2. The molecule has 1 aliphatic heterocycles. The first-order valence-electron chi connectivity index (χ1n) is 6.54. The molecule has 104 valence electrons. The van der Waals surface area contributed by atoms with E-state index in [2.05, 4.69) is 28.2 Å². The Morgan fingerprint density at radius 2 is 1.90 bits per heavy atom. The lowest BCUT2D eigenvalue weighted by Gasteiger charge is -2.33. The Kier molecular flexibility index (Phi) is 3.57. The van der Waals surface area contributed by atoms with Crippen molar-refractivity contribution >= 4 is 21.6 Å². The number of anilines is 1. The molecule has 0 saturated carbocycles. The quantitative estimate of drug-likeness (QED) is 0.883. The molecule has 3 nitrogen and oxygen atoms in total. The maximum absolute atomic E-state index is 6.13. The largest absolute Gasteiger partial charge is 0.497 e. The van der Waals surface area contributed by atoms with E-state index in [1.165, 1.54) is 0 Å². The van der Waals surface area contributed by atoms with Crippen LogP contribution in [0, 0.1) is 0 Å². The minimum atomic E-state index is -0.00502. The molecule has 2 aromatic carbocycles. The first-order chi connectivity index (χ1) is 9.67. The van der Waals surface area contributed by atoms with Crippen molar-refractivity contribution in [1.82, 2.24) is 0 Å². The van der Waals surface area contributed by atoms with Gasteiger partial charge in [0.25, 0.3) is 0 Å². The maximum Gasteiger partial charge on any atom is 0.144 e. The fourth-order valence-electron chi connectivity index (χ4n) is 2.43.